The van der Waals surface area contributed by atoms with Gasteiger partial charge in [-0.25, -0.2) is 19.2 Å². The summed E-state index contributed by atoms with van der Waals surface area (Å²) in [5.41, 5.74) is 0.333. The van der Waals surface area contributed by atoms with Crippen LogP contribution in [0.5, 0.6) is 0 Å². The second-order valence-corrected chi connectivity index (χ2v) is 6.72. The molecule has 0 spiro atoms. The fourth-order valence-electron chi connectivity index (χ4n) is 2.64. The first-order valence-electron chi connectivity index (χ1n) is 10.3. The number of carboxylic acid groups (broad SMARTS) is 4. The highest BCUT2D eigenvalue weighted by atomic mass is 16.4. The molecule has 0 radical (unpaired) electrons. The molecule has 0 saturated carbocycles. The Morgan fingerprint density at radius 3 is 0.694 bits per heavy atom. The van der Waals surface area contributed by atoms with Gasteiger partial charge in [-0.2, -0.15) is 0 Å². The Balaban J connectivity index is 0.000000261. The van der Waals surface area contributed by atoms with Crippen molar-refractivity contribution in [2.45, 2.75) is 0 Å². The molecule has 8 heteroatoms. The monoisotopic (exact) mass is 488 g/mol. The Bertz CT molecular complexity index is 1110. The lowest BCUT2D eigenvalue weighted by atomic mass is 10.1. The van der Waals surface area contributed by atoms with E-state index in [1.807, 2.05) is 0 Å². The van der Waals surface area contributed by atoms with Crippen LogP contribution < -0.4 is 0 Å². The molecule has 184 valence electrons. The van der Waals surface area contributed by atoms with Crippen LogP contribution in [0.1, 0.15) is 41.4 Å². The molecule has 4 aromatic carbocycles. The molecule has 0 saturated heterocycles. The Kier molecular flexibility index (Phi) is 11.9. The topological polar surface area (TPSA) is 149 Å². The SMILES string of the molecule is C=C.O=C(O)c1ccc(C(=O)O)cc1.O=C(O)c1ccc(C(=O)O)cc1.c1ccc2ccccc2c1. The van der Waals surface area contributed by atoms with Gasteiger partial charge in [-0.1, -0.05) is 48.5 Å². The molecule has 0 heterocycles. The lowest BCUT2D eigenvalue weighted by molar-refractivity contribution is 0.0681. The van der Waals surface area contributed by atoms with Crippen molar-refractivity contribution in [3.63, 3.8) is 0 Å². The quantitative estimate of drug-likeness (QED) is 0.263. The number of benzene rings is 4. The molecule has 0 unspecified atom stereocenters. The van der Waals surface area contributed by atoms with Gasteiger partial charge in [0.1, 0.15) is 0 Å². The number of aromatic carboxylic acids is 4. The third-order valence-corrected chi connectivity index (χ3v) is 4.42. The maximum absolute atomic E-state index is 10.3. The van der Waals surface area contributed by atoms with Crippen LogP contribution in [0, 0.1) is 0 Å². The van der Waals surface area contributed by atoms with Gasteiger partial charge in [0.15, 0.2) is 0 Å². The molecule has 0 atom stereocenters. The molecule has 36 heavy (non-hydrogen) atoms. The summed E-state index contributed by atoms with van der Waals surface area (Å²) in [6.07, 6.45) is 0. The van der Waals surface area contributed by atoms with Crippen molar-refractivity contribution >= 4 is 34.6 Å². The third kappa shape index (κ3) is 9.32. The Morgan fingerprint density at radius 1 is 0.389 bits per heavy atom. The lowest BCUT2D eigenvalue weighted by Gasteiger charge is -1.94. The average Bonchev–Trinajstić information content (AvgIpc) is 2.90. The molecule has 4 aromatic rings. The molecule has 4 rings (SSSR count). The molecule has 0 aliphatic rings. The zero-order valence-electron chi connectivity index (χ0n) is 19.1. The van der Waals surface area contributed by atoms with Gasteiger partial charge in [0, 0.05) is 0 Å². The van der Waals surface area contributed by atoms with Crippen molar-refractivity contribution in [2.75, 3.05) is 0 Å². The molecular weight excluding hydrogens is 464 g/mol. The maximum Gasteiger partial charge on any atom is 0.335 e. The molecule has 4 N–H and O–H groups in total. The van der Waals surface area contributed by atoms with Crippen LogP contribution in [0.15, 0.2) is 110 Å². The third-order valence-electron chi connectivity index (χ3n) is 4.42. The van der Waals surface area contributed by atoms with Gasteiger partial charge in [-0.05, 0) is 59.3 Å². The number of carbonyl (C=O) groups is 4. The van der Waals surface area contributed by atoms with E-state index in [1.165, 1.54) is 59.3 Å². The summed E-state index contributed by atoms with van der Waals surface area (Å²) < 4.78 is 0. The highest BCUT2D eigenvalue weighted by Gasteiger charge is 2.05. The van der Waals surface area contributed by atoms with Crippen molar-refractivity contribution in [3.8, 4) is 0 Å². The second-order valence-electron chi connectivity index (χ2n) is 6.72. The minimum Gasteiger partial charge on any atom is -0.478 e. The van der Waals surface area contributed by atoms with Gasteiger partial charge in [0.2, 0.25) is 0 Å². The van der Waals surface area contributed by atoms with Crippen LogP contribution in [0.3, 0.4) is 0 Å². The molecule has 0 aliphatic carbocycles. The summed E-state index contributed by atoms with van der Waals surface area (Å²) in [6, 6.07) is 26.8. The van der Waals surface area contributed by atoms with E-state index >= 15 is 0 Å². The van der Waals surface area contributed by atoms with E-state index in [0.29, 0.717) is 0 Å². The predicted molar refractivity (Wildman–Crippen MR) is 136 cm³/mol. The van der Waals surface area contributed by atoms with Crippen LogP contribution in [0.25, 0.3) is 10.8 Å². The highest BCUT2D eigenvalue weighted by Crippen LogP contribution is 2.11. The number of rotatable bonds is 4. The predicted octanol–water partition coefficient (Wildman–Crippen LogP) is 5.81. The summed E-state index contributed by atoms with van der Waals surface area (Å²) in [5.74, 6) is -4.25. The standard InChI is InChI=1S/C10H8.2C8H6O4.C2H4/c1-2-6-10-8-4-3-7-9(10)5-1;2*9-7(10)5-1-2-6(4-3-5)8(11)12;1-2/h1-8H;2*1-4H,(H,9,10)(H,11,12);1-2H2. The summed E-state index contributed by atoms with van der Waals surface area (Å²) >= 11 is 0. The van der Waals surface area contributed by atoms with Gasteiger partial charge >= 0.3 is 23.9 Å². The van der Waals surface area contributed by atoms with Crippen molar-refractivity contribution < 1.29 is 39.6 Å². The zero-order chi connectivity index (χ0) is 27.1. The van der Waals surface area contributed by atoms with Gasteiger partial charge in [-0.15, -0.1) is 13.2 Å². The largest absolute Gasteiger partial charge is 0.478 e. The van der Waals surface area contributed by atoms with Crippen LogP contribution in [0.2, 0.25) is 0 Å². The van der Waals surface area contributed by atoms with Crippen LogP contribution in [-0.2, 0) is 0 Å². The normalized spacial score (nSPS) is 9.11. The molecule has 0 amide bonds. The van der Waals surface area contributed by atoms with E-state index < -0.39 is 23.9 Å². The smallest absolute Gasteiger partial charge is 0.335 e. The Morgan fingerprint density at radius 2 is 0.556 bits per heavy atom. The van der Waals surface area contributed by atoms with Crippen molar-refractivity contribution in [2.24, 2.45) is 0 Å². The van der Waals surface area contributed by atoms with Gasteiger partial charge < -0.3 is 20.4 Å². The van der Waals surface area contributed by atoms with E-state index in [2.05, 4.69) is 61.7 Å². The summed E-state index contributed by atoms with van der Waals surface area (Å²) in [6.45, 7) is 6.00. The molecule has 0 bridgehead atoms. The minimum absolute atomic E-state index is 0.0833. The number of hydrogen-bond acceptors (Lipinski definition) is 4. The van der Waals surface area contributed by atoms with E-state index in [4.69, 9.17) is 20.4 Å². The van der Waals surface area contributed by atoms with Crippen molar-refractivity contribution in [1.82, 2.24) is 0 Å². The fraction of sp³-hybridized carbons (Fsp3) is 0. The number of hydrogen-bond donors (Lipinski definition) is 4. The molecule has 0 aromatic heterocycles. The second kappa shape index (κ2) is 14.8. The molecule has 8 nitrogen and oxygen atoms in total. The summed E-state index contributed by atoms with van der Waals surface area (Å²) in [5, 5.41) is 36.5. The van der Waals surface area contributed by atoms with Crippen molar-refractivity contribution in [1.29, 1.82) is 0 Å². The fourth-order valence-corrected chi connectivity index (χ4v) is 2.64. The first-order valence-corrected chi connectivity index (χ1v) is 10.3. The average molecular weight is 488 g/mol. The van der Waals surface area contributed by atoms with E-state index in [0.717, 1.165) is 0 Å². The molecular formula is C28H24O8. The minimum atomic E-state index is -1.06. The molecule has 0 fully saturated rings. The van der Waals surface area contributed by atoms with Crippen LogP contribution in [-0.4, -0.2) is 44.3 Å². The summed E-state index contributed by atoms with van der Waals surface area (Å²) in [7, 11) is 0. The van der Waals surface area contributed by atoms with Crippen LogP contribution >= 0.6 is 0 Å². The first-order chi connectivity index (χ1) is 17.2. The maximum atomic E-state index is 10.3. The Hall–Kier alpha value is -5.24. The number of fused-ring (bicyclic) bond motifs is 1. The lowest BCUT2D eigenvalue weighted by Crippen LogP contribution is -1.99. The van der Waals surface area contributed by atoms with Crippen molar-refractivity contribution in [3.05, 3.63) is 132 Å². The highest BCUT2D eigenvalue weighted by molar-refractivity contribution is 5.92. The van der Waals surface area contributed by atoms with Gasteiger partial charge in [0.05, 0.1) is 22.3 Å². The summed E-state index contributed by atoms with van der Waals surface area (Å²) in [4.78, 5) is 41.3. The zero-order valence-corrected chi connectivity index (χ0v) is 19.1. The van der Waals surface area contributed by atoms with E-state index in [9.17, 15) is 19.2 Å². The van der Waals surface area contributed by atoms with Crippen LogP contribution in [0.4, 0.5) is 0 Å². The van der Waals surface area contributed by atoms with E-state index in [1.54, 1.807) is 0 Å². The van der Waals surface area contributed by atoms with E-state index in [-0.39, 0.29) is 22.3 Å². The number of carboxylic acids is 4. The first kappa shape index (κ1) is 28.8. The molecule has 0 aliphatic heterocycles. The van der Waals surface area contributed by atoms with Gasteiger partial charge in [-0.3, -0.25) is 0 Å². The Labute approximate surface area is 207 Å². The van der Waals surface area contributed by atoms with Gasteiger partial charge in [0.25, 0.3) is 0 Å².